The summed E-state index contributed by atoms with van der Waals surface area (Å²) >= 11 is 6.24. The van der Waals surface area contributed by atoms with Crippen molar-refractivity contribution in [1.29, 1.82) is 0 Å². The Morgan fingerprint density at radius 3 is 2.75 bits per heavy atom. The lowest BCUT2D eigenvalue weighted by Gasteiger charge is -2.27. The van der Waals surface area contributed by atoms with E-state index in [0.29, 0.717) is 11.4 Å². The first-order valence-corrected chi connectivity index (χ1v) is 11.4. The van der Waals surface area contributed by atoms with Crippen molar-refractivity contribution in [3.05, 3.63) is 64.6 Å². The zero-order chi connectivity index (χ0) is 25.8. The van der Waals surface area contributed by atoms with Gasteiger partial charge in [0.2, 0.25) is 17.8 Å². The Labute approximate surface area is 211 Å². The van der Waals surface area contributed by atoms with E-state index in [1.165, 1.54) is 38.4 Å². The van der Waals surface area contributed by atoms with Crippen LogP contribution in [-0.4, -0.2) is 41.3 Å². The molecule has 36 heavy (non-hydrogen) atoms. The molecule has 0 atom stereocenters. The van der Waals surface area contributed by atoms with Crippen LogP contribution in [-0.2, 0) is 16.1 Å². The SMILES string of the molecule is CNC(=O)c1cccc(F)c1Nc1nc(Nc2ccc3c(c2)CNC(=O)CCN3C(C)=O)ncc1Cl. The standard InChI is InChI=1S/C24H23ClFN7O3/c1-13(34)33-9-8-20(35)28-11-14-10-15(6-7-19(14)33)30-24-29-12-17(25)22(32-24)31-21-16(23(36)27-2)4-3-5-18(21)26/h3-7,10,12H,8-9,11H2,1-2H3,(H,27,36)(H,28,35)(H2,29,30,31,32). The average Bonchev–Trinajstić information content (AvgIpc) is 2.85. The minimum Gasteiger partial charge on any atom is -0.355 e. The van der Waals surface area contributed by atoms with E-state index in [1.807, 2.05) is 0 Å². The van der Waals surface area contributed by atoms with Crippen LogP contribution < -0.4 is 26.2 Å². The monoisotopic (exact) mass is 511 g/mol. The van der Waals surface area contributed by atoms with Crippen molar-refractivity contribution in [3.63, 3.8) is 0 Å². The minimum absolute atomic E-state index is 0.0791. The molecule has 0 saturated heterocycles. The molecule has 2 heterocycles. The Kier molecular flexibility index (Phi) is 7.30. The first-order chi connectivity index (χ1) is 17.3. The number of para-hydroxylation sites is 1. The van der Waals surface area contributed by atoms with E-state index in [1.54, 1.807) is 23.1 Å². The van der Waals surface area contributed by atoms with E-state index in [9.17, 15) is 18.8 Å². The van der Waals surface area contributed by atoms with E-state index >= 15 is 0 Å². The fourth-order valence-corrected chi connectivity index (χ4v) is 3.89. The molecule has 0 bridgehead atoms. The van der Waals surface area contributed by atoms with Crippen molar-refractivity contribution in [3.8, 4) is 0 Å². The minimum atomic E-state index is -0.654. The number of nitrogens with one attached hydrogen (secondary N) is 4. The summed E-state index contributed by atoms with van der Waals surface area (Å²) in [7, 11) is 1.44. The summed E-state index contributed by atoms with van der Waals surface area (Å²) < 4.78 is 14.5. The third kappa shape index (κ3) is 5.36. The molecule has 10 nitrogen and oxygen atoms in total. The average molecular weight is 512 g/mol. The normalized spacial score (nSPS) is 13.1. The van der Waals surface area contributed by atoms with Gasteiger partial charge in [-0.05, 0) is 35.9 Å². The molecule has 1 aliphatic heterocycles. The molecule has 0 saturated carbocycles. The molecule has 0 aliphatic carbocycles. The van der Waals surface area contributed by atoms with Gasteiger partial charge in [-0.25, -0.2) is 9.37 Å². The van der Waals surface area contributed by atoms with Crippen molar-refractivity contribution in [2.75, 3.05) is 29.1 Å². The van der Waals surface area contributed by atoms with Crippen LogP contribution >= 0.6 is 11.6 Å². The zero-order valence-electron chi connectivity index (χ0n) is 19.5. The molecule has 4 N–H and O–H groups in total. The molecule has 0 unspecified atom stereocenters. The summed E-state index contributed by atoms with van der Waals surface area (Å²) in [5.41, 5.74) is 2.04. The van der Waals surface area contributed by atoms with E-state index in [4.69, 9.17) is 11.6 Å². The largest absolute Gasteiger partial charge is 0.355 e. The first-order valence-electron chi connectivity index (χ1n) is 11.0. The number of rotatable bonds is 5. The van der Waals surface area contributed by atoms with Gasteiger partial charge in [0.25, 0.3) is 5.91 Å². The Hall–Kier alpha value is -4.25. The van der Waals surface area contributed by atoms with Crippen molar-refractivity contribution in [1.82, 2.24) is 20.6 Å². The van der Waals surface area contributed by atoms with Crippen molar-refractivity contribution in [2.24, 2.45) is 0 Å². The zero-order valence-corrected chi connectivity index (χ0v) is 20.2. The molecule has 2 aromatic carbocycles. The highest BCUT2D eigenvalue weighted by Gasteiger charge is 2.21. The summed E-state index contributed by atoms with van der Waals surface area (Å²) in [6, 6.07) is 9.42. The number of carbonyl (C=O) groups excluding carboxylic acids is 3. The van der Waals surface area contributed by atoms with Gasteiger partial charge in [0.1, 0.15) is 10.8 Å². The van der Waals surface area contributed by atoms with Gasteiger partial charge in [-0.3, -0.25) is 14.4 Å². The van der Waals surface area contributed by atoms with Crippen LogP contribution in [0.5, 0.6) is 0 Å². The number of benzene rings is 2. The number of carbonyl (C=O) groups is 3. The van der Waals surface area contributed by atoms with Gasteiger partial charge in [-0.2, -0.15) is 4.98 Å². The third-order valence-electron chi connectivity index (χ3n) is 5.52. The fourth-order valence-electron chi connectivity index (χ4n) is 3.75. The van der Waals surface area contributed by atoms with Gasteiger partial charge in [-0.15, -0.1) is 0 Å². The summed E-state index contributed by atoms with van der Waals surface area (Å²) in [4.78, 5) is 46.3. The van der Waals surface area contributed by atoms with Crippen molar-refractivity contribution >= 4 is 58.2 Å². The Morgan fingerprint density at radius 2 is 2.00 bits per heavy atom. The van der Waals surface area contributed by atoms with Gasteiger partial charge < -0.3 is 26.2 Å². The maximum absolute atomic E-state index is 14.5. The molecule has 3 aromatic rings. The van der Waals surface area contributed by atoms with Crippen LogP contribution in [0.25, 0.3) is 0 Å². The molecule has 186 valence electrons. The second kappa shape index (κ2) is 10.6. The summed E-state index contributed by atoms with van der Waals surface area (Å²) in [5, 5.41) is 11.2. The molecule has 1 aliphatic rings. The Balaban J connectivity index is 1.63. The number of fused-ring (bicyclic) bond motifs is 1. The molecule has 0 radical (unpaired) electrons. The highest BCUT2D eigenvalue weighted by Crippen LogP contribution is 2.30. The van der Waals surface area contributed by atoms with E-state index in [-0.39, 0.29) is 59.4 Å². The number of hydrogen-bond acceptors (Lipinski definition) is 7. The van der Waals surface area contributed by atoms with Crippen LogP contribution in [0.3, 0.4) is 0 Å². The Morgan fingerprint density at radius 1 is 1.19 bits per heavy atom. The summed E-state index contributed by atoms with van der Waals surface area (Å²) in [5.74, 6) is -1.20. The second-order valence-corrected chi connectivity index (χ2v) is 8.33. The Bertz CT molecular complexity index is 1350. The quantitative estimate of drug-likeness (QED) is 0.413. The lowest BCUT2D eigenvalue weighted by Crippen LogP contribution is -2.37. The summed E-state index contributed by atoms with van der Waals surface area (Å²) in [6.07, 6.45) is 1.56. The van der Waals surface area contributed by atoms with Crippen LogP contribution in [0.4, 0.5) is 33.2 Å². The van der Waals surface area contributed by atoms with Crippen LogP contribution in [0, 0.1) is 5.82 Å². The van der Waals surface area contributed by atoms with Gasteiger partial charge in [0.05, 0.1) is 17.4 Å². The number of halogens is 2. The second-order valence-electron chi connectivity index (χ2n) is 7.92. The lowest BCUT2D eigenvalue weighted by molar-refractivity contribution is -0.121. The molecule has 0 fully saturated rings. The van der Waals surface area contributed by atoms with Crippen molar-refractivity contribution < 1.29 is 18.8 Å². The maximum atomic E-state index is 14.5. The van der Waals surface area contributed by atoms with Crippen LogP contribution in [0.2, 0.25) is 5.02 Å². The number of aromatic nitrogens is 2. The molecule has 12 heteroatoms. The van der Waals surface area contributed by atoms with E-state index in [0.717, 1.165) is 5.56 Å². The molecular formula is C24H23ClFN7O3. The van der Waals surface area contributed by atoms with Gasteiger partial charge in [0, 0.05) is 44.9 Å². The number of nitrogens with zero attached hydrogens (tertiary/aromatic N) is 3. The smallest absolute Gasteiger partial charge is 0.253 e. The van der Waals surface area contributed by atoms with E-state index in [2.05, 4.69) is 31.2 Å². The topological polar surface area (TPSA) is 128 Å². The van der Waals surface area contributed by atoms with Crippen molar-refractivity contribution in [2.45, 2.75) is 19.9 Å². The predicted molar refractivity (Wildman–Crippen MR) is 134 cm³/mol. The van der Waals surface area contributed by atoms with Gasteiger partial charge in [-0.1, -0.05) is 17.7 Å². The highest BCUT2D eigenvalue weighted by atomic mass is 35.5. The maximum Gasteiger partial charge on any atom is 0.253 e. The van der Waals surface area contributed by atoms with Gasteiger partial charge in [0.15, 0.2) is 5.82 Å². The lowest BCUT2D eigenvalue weighted by atomic mass is 10.1. The molecule has 4 rings (SSSR count). The molecular weight excluding hydrogens is 489 g/mol. The fraction of sp³-hybridized carbons (Fsp3) is 0.208. The van der Waals surface area contributed by atoms with Gasteiger partial charge >= 0.3 is 0 Å². The third-order valence-corrected chi connectivity index (χ3v) is 5.79. The van der Waals surface area contributed by atoms with Crippen LogP contribution in [0.1, 0.15) is 29.3 Å². The van der Waals surface area contributed by atoms with E-state index < -0.39 is 11.7 Å². The molecule has 1 aromatic heterocycles. The van der Waals surface area contributed by atoms with Crippen LogP contribution in [0.15, 0.2) is 42.6 Å². The predicted octanol–water partition coefficient (Wildman–Crippen LogP) is 3.49. The molecule has 0 spiro atoms. The number of hydrogen-bond donors (Lipinski definition) is 4. The number of anilines is 5. The summed E-state index contributed by atoms with van der Waals surface area (Å²) in [6.45, 7) is 1.98. The molecule has 3 amide bonds. The number of amides is 3. The first kappa shape index (κ1) is 24.9. The highest BCUT2D eigenvalue weighted by molar-refractivity contribution is 6.33.